The first-order valence-electron chi connectivity index (χ1n) is 6.73. The fraction of sp³-hybridized carbons (Fsp3) is 0.467. The van der Waals surface area contributed by atoms with Crippen molar-refractivity contribution in [2.45, 2.75) is 39.8 Å². The molecule has 2 rings (SSSR count). The van der Waals surface area contributed by atoms with Gasteiger partial charge in [0.1, 0.15) is 0 Å². The molecule has 0 aliphatic rings. The monoisotopic (exact) mass is 274 g/mol. The summed E-state index contributed by atoms with van der Waals surface area (Å²) >= 11 is 0. The molecule has 0 amide bonds. The van der Waals surface area contributed by atoms with E-state index in [0.717, 1.165) is 5.69 Å². The average molecular weight is 274 g/mol. The fourth-order valence-corrected chi connectivity index (χ4v) is 1.74. The molecule has 5 heteroatoms. The standard InChI is InChI=1S/C15H22N4O/c1-11-7-6-8-12(9-11)19(5)14-18-17-13(20-14)10-16-15(2,3)4/h6-9,16H,10H2,1-5H3. The van der Waals surface area contributed by atoms with E-state index in [0.29, 0.717) is 18.5 Å². The number of aromatic nitrogens is 2. The third-order valence-corrected chi connectivity index (χ3v) is 2.90. The van der Waals surface area contributed by atoms with Crippen molar-refractivity contribution in [3.63, 3.8) is 0 Å². The molecule has 5 nitrogen and oxygen atoms in total. The SMILES string of the molecule is Cc1cccc(N(C)c2nnc(CNC(C)(C)C)o2)c1. The first-order chi connectivity index (χ1) is 9.35. The normalized spacial score (nSPS) is 11.7. The maximum absolute atomic E-state index is 5.68. The number of aryl methyl sites for hydroxylation is 1. The van der Waals surface area contributed by atoms with Gasteiger partial charge in [-0.2, -0.15) is 0 Å². The van der Waals surface area contributed by atoms with Gasteiger partial charge in [-0.15, -0.1) is 5.10 Å². The molecule has 20 heavy (non-hydrogen) atoms. The highest BCUT2D eigenvalue weighted by Crippen LogP contribution is 2.22. The van der Waals surface area contributed by atoms with E-state index in [1.807, 2.05) is 24.1 Å². The Morgan fingerprint density at radius 1 is 1.25 bits per heavy atom. The summed E-state index contributed by atoms with van der Waals surface area (Å²) < 4.78 is 5.68. The van der Waals surface area contributed by atoms with Gasteiger partial charge in [0.15, 0.2) is 0 Å². The summed E-state index contributed by atoms with van der Waals surface area (Å²) in [6.45, 7) is 8.93. The molecule has 0 saturated carbocycles. The maximum Gasteiger partial charge on any atom is 0.322 e. The van der Waals surface area contributed by atoms with Crippen LogP contribution in [-0.4, -0.2) is 22.8 Å². The third kappa shape index (κ3) is 3.81. The highest BCUT2D eigenvalue weighted by Gasteiger charge is 2.15. The van der Waals surface area contributed by atoms with Crippen molar-refractivity contribution in [2.75, 3.05) is 11.9 Å². The van der Waals surface area contributed by atoms with E-state index in [9.17, 15) is 0 Å². The van der Waals surface area contributed by atoms with E-state index in [-0.39, 0.29) is 5.54 Å². The van der Waals surface area contributed by atoms with Crippen molar-refractivity contribution in [1.82, 2.24) is 15.5 Å². The van der Waals surface area contributed by atoms with Gasteiger partial charge < -0.3 is 9.73 Å². The van der Waals surface area contributed by atoms with Crippen molar-refractivity contribution in [2.24, 2.45) is 0 Å². The summed E-state index contributed by atoms with van der Waals surface area (Å²) in [6, 6.07) is 8.67. The van der Waals surface area contributed by atoms with Gasteiger partial charge in [-0.3, -0.25) is 4.90 Å². The van der Waals surface area contributed by atoms with Crippen molar-refractivity contribution >= 4 is 11.7 Å². The average Bonchev–Trinajstić information content (AvgIpc) is 2.83. The second kappa shape index (κ2) is 5.63. The van der Waals surface area contributed by atoms with Crippen LogP contribution in [0.25, 0.3) is 0 Å². The molecular formula is C15H22N4O. The van der Waals surface area contributed by atoms with E-state index in [1.165, 1.54) is 5.56 Å². The van der Waals surface area contributed by atoms with Crippen LogP contribution >= 0.6 is 0 Å². The van der Waals surface area contributed by atoms with Crippen LogP contribution in [0.1, 0.15) is 32.2 Å². The van der Waals surface area contributed by atoms with Gasteiger partial charge in [0.2, 0.25) is 5.89 Å². The summed E-state index contributed by atoms with van der Waals surface area (Å²) in [5.41, 5.74) is 2.25. The van der Waals surface area contributed by atoms with Crippen LogP contribution in [0, 0.1) is 6.92 Å². The van der Waals surface area contributed by atoms with Crippen LogP contribution in [-0.2, 0) is 6.54 Å². The van der Waals surface area contributed by atoms with Gasteiger partial charge in [0.25, 0.3) is 0 Å². The molecule has 0 spiro atoms. The minimum absolute atomic E-state index is 0.0249. The third-order valence-electron chi connectivity index (χ3n) is 2.90. The lowest BCUT2D eigenvalue weighted by molar-refractivity contribution is 0.382. The lowest BCUT2D eigenvalue weighted by Gasteiger charge is -2.18. The van der Waals surface area contributed by atoms with Crippen LogP contribution in [0.3, 0.4) is 0 Å². The van der Waals surface area contributed by atoms with E-state index >= 15 is 0 Å². The molecule has 0 aliphatic carbocycles. The highest BCUT2D eigenvalue weighted by atomic mass is 16.4. The molecule has 2 aromatic rings. The molecule has 0 aliphatic heterocycles. The Hall–Kier alpha value is -1.88. The van der Waals surface area contributed by atoms with Gasteiger partial charge in [0, 0.05) is 18.3 Å². The van der Waals surface area contributed by atoms with E-state index < -0.39 is 0 Å². The van der Waals surface area contributed by atoms with Crippen LogP contribution in [0.5, 0.6) is 0 Å². The molecule has 0 fully saturated rings. The van der Waals surface area contributed by atoms with Crippen molar-refractivity contribution in [3.8, 4) is 0 Å². The molecule has 108 valence electrons. The molecule has 0 atom stereocenters. The predicted molar refractivity (Wildman–Crippen MR) is 80.1 cm³/mol. The lowest BCUT2D eigenvalue weighted by atomic mass is 10.1. The van der Waals surface area contributed by atoms with Gasteiger partial charge in [-0.25, -0.2) is 0 Å². The van der Waals surface area contributed by atoms with Crippen molar-refractivity contribution in [3.05, 3.63) is 35.7 Å². The first kappa shape index (κ1) is 14.5. The number of hydrogen-bond acceptors (Lipinski definition) is 5. The first-order valence-corrected chi connectivity index (χ1v) is 6.73. The Morgan fingerprint density at radius 3 is 2.65 bits per heavy atom. The Bertz CT molecular complexity index is 571. The van der Waals surface area contributed by atoms with Crippen LogP contribution < -0.4 is 10.2 Å². The van der Waals surface area contributed by atoms with Gasteiger partial charge in [-0.1, -0.05) is 17.2 Å². The minimum Gasteiger partial charge on any atom is -0.406 e. The van der Waals surface area contributed by atoms with Crippen LogP contribution in [0.4, 0.5) is 11.7 Å². The smallest absolute Gasteiger partial charge is 0.322 e. The summed E-state index contributed by atoms with van der Waals surface area (Å²) in [5, 5.41) is 11.5. The fourth-order valence-electron chi connectivity index (χ4n) is 1.74. The van der Waals surface area contributed by atoms with Gasteiger partial charge in [-0.05, 0) is 45.4 Å². The number of hydrogen-bond donors (Lipinski definition) is 1. The molecule has 1 aromatic heterocycles. The van der Waals surface area contributed by atoms with Crippen LogP contribution in [0.15, 0.2) is 28.7 Å². The van der Waals surface area contributed by atoms with E-state index in [4.69, 9.17) is 4.42 Å². The Kier molecular flexibility index (Phi) is 4.09. The number of anilines is 2. The Morgan fingerprint density at radius 2 is 2.00 bits per heavy atom. The zero-order valence-corrected chi connectivity index (χ0v) is 12.8. The molecule has 0 unspecified atom stereocenters. The largest absolute Gasteiger partial charge is 0.406 e. The number of nitrogens with zero attached hydrogens (tertiary/aromatic N) is 3. The van der Waals surface area contributed by atoms with Crippen LogP contribution in [0.2, 0.25) is 0 Å². The molecule has 0 radical (unpaired) electrons. The second-order valence-corrected chi connectivity index (χ2v) is 5.98. The quantitative estimate of drug-likeness (QED) is 0.928. The summed E-state index contributed by atoms with van der Waals surface area (Å²) in [5.74, 6) is 0.592. The summed E-state index contributed by atoms with van der Waals surface area (Å²) in [7, 11) is 1.92. The predicted octanol–water partition coefficient (Wildman–Crippen LogP) is 3.03. The Labute approximate surface area is 120 Å². The van der Waals surface area contributed by atoms with Crippen molar-refractivity contribution < 1.29 is 4.42 Å². The number of benzene rings is 1. The Balaban J connectivity index is 2.08. The van der Waals surface area contributed by atoms with E-state index in [1.54, 1.807) is 0 Å². The molecular weight excluding hydrogens is 252 g/mol. The minimum atomic E-state index is 0.0249. The number of rotatable bonds is 4. The van der Waals surface area contributed by atoms with Gasteiger partial charge in [0.05, 0.1) is 6.54 Å². The topological polar surface area (TPSA) is 54.2 Å². The molecule has 0 saturated heterocycles. The maximum atomic E-state index is 5.68. The second-order valence-electron chi connectivity index (χ2n) is 5.98. The summed E-state index contributed by atoms with van der Waals surface area (Å²) in [6.07, 6.45) is 0. The molecule has 1 N–H and O–H groups in total. The number of nitrogens with one attached hydrogen (secondary N) is 1. The molecule has 1 aromatic carbocycles. The zero-order chi connectivity index (χ0) is 14.8. The van der Waals surface area contributed by atoms with Gasteiger partial charge >= 0.3 is 6.01 Å². The van der Waals surface area contributed by atoms with E-state index in [2.05, 4.69) is 55.3 Å². The molecule has 0 bridgehead atoms. The zero-order valence-electron chi connectivity index (χ0n) is 12.8. The molecule has 1 heterocycles. The van der Waals surface area contributed by atoms with Crippen molar-refractivity contribution in [1.29, 1.82) is 0 Å². The summed E-state index contributed by atoms with van der Waals surface area (Å²) in [4.78, 5) is 1.89. The highest BCUT2D eigenvalue weighted by molar-refractivity contribution is 5.55. The lowest BCUT2D eigenvalue weighted by Crippen LogP contribution is -2.35.